The summed E-state index contributed by atoms with van der Waals surface area (Å²) in [4.78, 5) is 4.72. The number of nitrogens with one attached hydrogen (secondary N) is 1. The first-order valence-corrected chi connectivity index (χ1v) is 7.77. The average Bonchev–Trinajstić information content (AvgIpc) is 2.88. The molecule has 2 rings (SSSR count). The summed E-state index contributed by atoms with van der Waals surface area (Å²) >= 11 is 0. The zero-order valence-electron chi connectivity index (χ0n) is 13.4. The van der Waals surface area contributed by atoms with Gasteiger partial charge in [0.25, 0.3) is 0 Å². The summed E-state index contributed by atoms with van der Waals surface area (Å²) in [6, 6.07) is 9.51. The van der Waals surface area contributed by atoms with Crippen LogP contribution in [0.3, 0.4) is 0 Å². The van der Waals surface area contributed by atoms with E-state index in [-0.39, 0.29) is 0 Å². The first-order chi connectivity index (χ1) is 9.56. The lowest BCUT2D eigenvalue weighted by molar-refractivity contribution is 0.264. The van der Waals surface area contributed by atoms with Crippen LogP contribution in [0.2, 0.25) is 0 Å². The van der Waals surface area contributed by atoms with Gasteiger partial charge in [0.15, 0.2) is 0 Å². The van der Waals surface area contributed by atoms with E-state index in [1.807, 2.05) is 0 Å². The maximum absolute atomic E-state index is 3.61. The van der Waals surface area contributed by atoms with Crippen LogP contribution in [-0.2, 0) is 6.54 Å². The van der Waals surface area contributed by atoms with Gasteiger partial charge in [-0.3, -0.25) is 0 Å². The molecule has 1 aromatic rings. The molecular formula is C17H29N3. The van der Waals surface area contributed by atoms with Gasteiger partial charge in [-0.2, -0.15) is 0 Å². The molecule has 1 aliphatic heterocycles. The second kappa shape index (κ2) is 7.09. The summed E-state index contributed by atoms with van der Waals surface area (Å²) in [6.45, 7) is 9.22. The molecule has 1 atom stereocenters. The number of nitrogens with zero attached hydrogens (tertiary/aromatic N) is 2. The summed E-state index contributed by atoms with van der Waals surface area (Å²) < 4.78 is 0. The molecule has 1 aliphatic rings. The van der Waals surface area contributed by atoms with E-state index in [0.29, 0.717) is 6.04 Å². The lowest BCUT2D eigenvalue weighted by Crippen LogP contribution is -2.30. The van der Waals surface area contributed by atoms with Gasteiger partial charge in [0, 0.05) is 38.9 Å². The molecule has 0 aliphatic carbocycles. The summed E-state index contributed by atoms with van der Waals surface area (Å²) in [5, 5.41) is 3.61. The molecule has 3 heteroatoms. The summed E-state index contributed by atoms with van der Waals surface area (Å²) in [5.74, 6) is 0.818. The van der Waals surface area contributed by atoms with Crippen LogP contribution in [-0.4, -0.2) is 44.7 Å². The van der Waals surface area contributed by atoms with E-state index in [0.717, 1.165) is 19.0 Å². The highest BCUT2D eigenvalue weighted by Crippen LogP contribution is 2.18. The molecule has 1 unspecified atom stereocenters. The Hall–Kier alpha value is -1.06. The standard InChI is InChI=1S/C17H29N3/c1-14(2)20-10-9-16(13-20)12-18-11-15-5-7-17(8-6-15)19(3)4/h5-8,14,16,18H,9-13H2,1-4H3. The Labute approximate surface area is 124 Å². The molecule has 0 radical (unpaired) electrons. The number of rotatable bonds is 6. The van der Waals surface area contributed by atoms with Crippen LogP contribution >= 0.6 is 0 Å². The molecule has 0 spiro atoms. The van der Waals surface area contributed by atoms with Crippen molar-refractivity contribution in [2.75, 3.05) is 38.6 Å². The highest BCUT2D eigenvalue weighted by atomic mass is 15.2. The Morgan fingerprint density at radius 3 is 2.50 bits per heavy atom. The Balaban J connectivity index is 1.71. The smallest absolute Gasteiger partial charge is 0.0361 e. The van der Waals surface area contributed by atoms with Crippen molar-refractivity contribution in [2.45, 2.75) is 32.9 Å². The second-order valence-corrected chi connectivity index (χ2v) is 6.44. The van der Waals surface area contributed by atoms with Crippen molar-refractivity contribution in [3.63, 3.8) is 0 Å². The van der Waals surface area contributed by atoms with Gasteiger partial charge >= 0.3 is 0 Å². The van der Waals surface area contributed by atoms with Gasteiger partial charge in [-0.05, 0) is 57.0 Å². The highest BCUT2D eigenvalue weighted by molar-refractivity contribution is 5.45. The van der Waals surface area contributed by atoms with Crippen molar-refractivity contribution in [2.24, 2.45) is 5.92 Å². The molecule has 0 amide bonds. The van der Waals surface area contributed by atoms with Gasteiger partial charge in [-0.25, -0.2) is 0 Å². The minimum absolute atomic E-state index is 0.693. The predicted molar refractivity (Wildman–Crippen MR) is 87.3 cm³/mol. The van der Waals surface area contributed by atoms with Crippen LogP contribution in [0.4, 0.5) is 5.69 Å². The van der Waals surface area contributed by atoms with Gasteiger partial charge in [0.05, 0.1) is 0 Å². The SMILES string of the molecule is CC(C)N1CCC(CNCc2ccc(N(C)C)cc2)C1. The number of hydrogen-bond donors (Lipinski definition) is 1. The molecule has 0 bridgehead atoms. The van der Waals surface area contributed by atoms with E-state index in [2.05, 4.69) is 67.3 Å². The average molecular weight is 275 g/mol. The number of likely N-dealkylation sites (tertiary alicyclic amines) is 1. The van der Waals surface area contributed by atoms with E-state index in [1.165, 1.54) is 30.8 Å². The largest absolute Gasteiger partial charge is 0.378 e. The Morgan fingerprint density at radius 2 is 1.95 bits per heavy atom. The molecule has 112 valence electrons. The first kappa shape index (κ1) is 15.3. The number of anilines is 1. The third-order valence-corrected chi connectivity index (χ3v) is 4.26. The number of hydrogen-bond acceptors (Lipinski definition) is 3. The van der Waals surface area contributed by atoms with Crippen LogP contribution in [0.25, 0.3) is 0 Å². The van der Waals surface area contributed by atoms with Crippen LogP contribution in [0.5, 0.6) is 0 Å². The van der Waals surface area contributed by atoms with Crippen LogP contribution in [0.15, 0.2) is 24.3 Å². The summed E-state index contributed by atoms with van der Waals surface area (Å²) in [5.41, 5.74) is 2.63. The second-order valence-electron chi connectivity index (χ2n) is 6.44. The normalized spacial score (nSPS) is 19.8. The van der Waals surface area contributed by atoms with Crippen molar-refractivity contribution >= 4 is 5.69 Å². The maximum atomic E-state index is 3.61. The van der Waals surface area contributed by atoms with Crippen molar-refractivity contribution in [1.29, 1.82) is 0 Å². The summed E-state index contributed by atoms with van der Waals surface area (Å²) in [6.07, 6.45) is 1.34. The monoisotopic (exact) mass is 275 g/mol. The van der Waals surface area contributed by atoms with E-state index in [1.54, 1.807) is 0 Å². The third-order valence-electron chi connectivity index (χ3n) is 4.26. The van der Waals surface area contributed by atoms with Crippen LogP contribution in [0.1, 0.15) is 25.8 Å². The Kier molecular flexibility index (Phi) is 5.44. The molecule has 0 aromatic heterocycles. The zero-order valence-corrected chi connectivity index (χ0v) is 13.4. The van der Waals surface area contributed by atoms with E-state index < -0.39 is 0 Å². The van der Waals surface area contributed by atoms with E-state index >= 15 is 0 Å². The third kappa shape index (κ3) is 4.22. The van der Waals surface area contributed by atoms with Crippen molar-refractivity contribution < 1.29 is 0 Å². The van der Waals surface area contributed by atoms with Crippen molar-refractivity contribution in [1.82, 2.24) is 10.2 Å². The van der Waals surface area contributed by atoms with Gasteiger partial charge in [-0.1, -0.05) is 12.1 Å². The minimum atomic E-state index is 0.693. The first-order valence-electron chi connectivity index (χ1n) is 7.77. The fourth-order valence-corrected chi connectivity index (χ4v) is 2.83. The predicted octanol–water partition coefficient (Wildman–Crippen LogP) is 2.57. The van der Waals surface area contributed by atoms with Crippen LogP contribution < -0.4 is 10.2 Å². The molecule has 1 fully saturated rings. The van der Waals surface area contributed by atoms with Crippen molar-refractivity contribution in [3.8, 4) is 0 Å². The molecule has 20 heavy (non-hydrogen) atoms. The van der Waals surface area contributed by atoms with Gasteiger partial charge in [0.1, 0.15) is 0 Å². The fraction of sp³-hybridized carbons (Fsp3) is 0.647. The Morgan fingerprint density at radius 1 is 1.25 bits per heavy atom. The van der Waals surface area contributed by atoms with E-state index in [9.17, 15) is 0 Å². The lowest BCUT2D eigenvalue weighted by Gasteiger charge is -2.20. The van der Waals surface area contributed by atoms with Gasteiger partial charge in [-0.15, -0.1) is 0 Å². The lowest BCUT2D eigenvalue weighted by atomic mass is 10.1. The molecule has 1 N–H and O–H groups in total. The van der Waals surface area contributed by atoms with Crippen molar-refractivity contribution in [3.05, 3.63) is 29.8 Å². The maximum Gasteiger partial charge on any atom is 0.0361 e. The quantitative estimate of drug-likeness (QED) is 0.861. The summed E-state index contributed by atoms with van der Waals surface area (Å²) in [7, 11) is 4.15. The molecule has 3 nitrogen and oxygen atoms in total. The molecule has 1 saturated heterocycles. The van der Waals surface area contributed by atoms with Crippen LogP contribution in [0, 0.1) is 5.92 Å². The Bertz CT molecular complexity index is 397. The molecule has 0 saturated carbocycles. The topological polar surface area (TPSA) is 18.5 Å². The van der Waals surface area contributed by atoms with Gasteiger partial charge in [0.2, 0.25) is 0 Å². The number of benzene rings is 1. The molecular weight excluding hydrogens is 246 g/mol. The minimum Gasteiger partial charge on any atom is -0.378 e. The zero-order chi connectivity index (χ0) is 14.5. The highest BCUT2D eigenvalue weighted by Gasteiger charge is 2.23. The molecule has 1 heterocycles. The van der Waals surface area contributed by atoms with E-state index in [4.69, 9.17) is 0 Å². The van der Waals surface area contributed by atoms with Gasteiger partial charge < -0.3 is 15.1 Å². The fourth-order valence-electron chi connectivity index (χ4n) is 2.83. The molecule has 1 aromatic carbocycles.